The zero-order valence-corrected chi connectivity index (χ0v) is 14.6. The summed E-state index contributed by atoms with van der Waals surface area (Å²) in [7, 11) is -2.12. The molecule has 7 heteroatoms. The van der Waals surface area contributed by atoms with E-state index in [-0.39, 0.29) is 29.7 Å². The molecule has 0 aromatic heterocycles. The van der Waals surface area contributed by atoms with Crippen molar-refractivity contribution >= 4 is 21.6 Å². The molecule has 128 valence electrons. The largest absolute Gasteiger partial charge is 0.312 e. The number of nitriles is 1. The number of sulfonamides is 1. The van der Waals surface area contributed by atoms with Crippen LogP contribution in [0.2, 0.25) is 0 Å². The molecular formula is C17H21N3O3S. The smallest absolute Gasteiger partial charge is 0.242 e. The molecule has 1 aromatic rings. The first kappa shape index (κ1) is 16.9. The Bertz CT molecular complexity index is 794. The molecule has 0 bridgehead atoms. The van der Waals surface area contributed by atoms with E-state index in [1.807, 2.05) is 6.07 Å². The topological polar surface area (TPSA) is 81.5 Å². The van der Waals surface area contributed by atoms with E-state index in [0.717, 1.165) is 30.5 Å². The standard InChI is InChI=1S/C17H21N3O3S/c1-19(10-3-9-18)24(22,23)15-6-7-16-14(12-15)8-11-20(16)17(21)13-4-2-5-13/h6-7,12-13H,2-5,8,10-11H2,1H3. The van der Waals surface area contributed by atoms with E-state index in [1.54, 1.807) is 23.1 Å². The molecule has 1 heterocycles. The first-order chi connectivity index (χ1) is 11.4. The highest BCUT2D eigenvalue weighted by Gasteiger charge is 2.34. The van der Waals surface area contributed by atoms with Gasteiger partial charge in [-0.2, -0.15) is 9.57 Å². The van der Waals surface area contributed by atoms with Crippen molar-refractivity contribution in [2.45, 2.75) is 37.0 Å². The van der Waals surface area contributed by atoms with Crippen molar-refractivity contribution < 1.29 is 13.2 Å². The number of amides is 1. The number of hydrogen-bond donors (Lipinski definition) is 0. The number of nitrogens with zero attached hydrogens (tertiary/aromatic N) is 3. The van der Waals surface area contributed by atoms with Gasteiger partial charge in [0.1, 0.15) is 0 Å². The normalized spacial score (nSPS) is 17.5. The summed E-state index contributed by atoms with van der Waals surface area (Å²) < 4.78 is 26.3. The minimum absolute atomic E-state index is 0.136. The minimum Gasteiger partial charge on any atom is -0.312 e. The molecule has 24 heavy (non-hydrogen) atoms. The van der Waals surface area contributed by atoms with E-state index in [2.05, 4.69) is 0 Å². The molecule has 0 unspecified atom stereocenters. The van der Waals surface area contributed by atoms with E-state index in [4.69, 9.17) is 5.26 Å². The molecule has 0 radical (unpaired) electrons. The molecule has 3 rings (SSSR count). The van der Waals surface area contributed by atoms with Crippen LogP contribution in [0, 0.1) is 17.2 Å². The Labute approximate surface area is 142 Å². The number of rotatable bonds is 5. The Hall–Kier alpha value is -1.91. The minimum atomic E-state index is -3.60. The third-order valence-corrected chi connectivity index (χ3v) is 6.77. The Balaban J connectivity index is 1.82. The van der Waals surface area contributed by atoms with Crippen LogP contribution in [0.5, 0.6) is 0 Å². The first-order valence-electron chi connectivity index (χ1n) is 8.22. The highest BCUT2D eigenvalue weighted by molar-refractivity contribution is 7.89. The van der Waals surface area contributed by atoms with Crippen molar-refractivity contribution in [2.24, 2.45) is 5.92 Å². The third-order valence-electron chi connectivity index (χ3n) is 4.91. The summed E-state index contributed by atoms with van der Waals surface area (Å²) in [6.07, 6.45) is 3.87. The van der Waals surface area contributed by atoms with Crippen LogP contribution in [0.25, 0.3) is 0 Å². The zero-order chi connectivity index (χ0) is 17.3. The lowest BCUT2D eigenvalue weighted by Crippen LogP contribution is -2.37. The molecule has 1 aromatic carbocycles. The SMILES string of the molecule is CN(CCC#N)S(=O)(=O)c1ccc2c(c1)CCN2C(=O)C1CCC1. The maximum atomic E-state index is 12.6. The van der Waals surface area contributed by atoms with Crippen molar-refractivity contribution in [3.05, 3.63) is 23.8 Å². The summed E-state index contributed by atoms with van der Waals surface area (Å²) in [4.78, 5) is 14.5. The quantitative estimate of drug-likeness (QED) is 0.815. The summed E-state index contributed by atoms with van der Waals surface area (Å²) in [5, 5.41) is 8.62. The highest BCUT2D eigenvalue weighted by Crippen LogP contribution is 2.35. The van der Waals surface area contributed by atoms with E-state index >= 15 is 0 Å². The van der Waals surface area contributed by atoms with Crippen molar-refractivity contribution in [1.29, 1.82) is 5.26 Å². The fraction of sp³-hybridized carbons (Fsp3) is 0.529. The van der Waals surface area contributed by atoms with Gasteiger partial charge in [-0.05, 0) is 43.0 Å². The molecule has 2 aliphatic rings. The average Bonchev–Trinajstić information content (AvgIpc) is 2.93. The van der Waals surface area contributed by atoms with Crippen LogP contribution in [-0.4, -0.2) is 38.8 Å². The van der Waals surface area contributed by atoms with Gasteiger partial charge in [-0.15, -0.1) is 0 Å². The van der Waals surface area contributed by atoms with Crippen LogP contribution in [0.3, 0.4) is 0 Å². The van der Waals surface area contributed by atoms with Crippen LogP contribution >= 0.6 is 0 Å². The second-order valence-electron chi connectivity index (χ2n) is 6.39. The van der Waals surface area contributed by atoms with Gasteiger partial charge < -0.3 is 4.90 Å². The van der Waals surface area contributed by atoms with Gasteiger partial charge in [-0.25, -0.2) is 8.42 Å². The fourth-order valence-corrected chi connectivity index (χ4v) is 4.37. The number of anilines is 1. The Kier molecular flexibility index (Phi) is 4.61. The summed E-state index contributed by atoms with van der Waals surface area (Å²) >= 11 is 0. The van der Waals surface area contributed by atoms with Crippen LogP contribution in [0.1, 0.15) is 31.2 Å². The van der Waals surface area contributed by atoms with Gasteiger partial charge in [0.15, 0.2) is 0 Å². The van der Waals surface area contributed by atoms with Gasteiger partial charge >= 0.3 is 0 Å². The highest BCUT2D eigenvalue weighted by atomic mass is 32.2. The van der Waals surface area contributed by atoms with Crippen LogP contribution in [0.15, 0.2) is 23.1 Å². The molecule has 0 spiro atoms. The van der Waals surface area contributed by atoms with Crippen molar-refractivity contribution in [3.63, 3.8) is 0 Å². The van der Waals surface area contributed by atoms with Gasteiger partial charge in [0.05, 0.1) is 11.0 Å². The summed E-state index contributed by atoms with van der Waals surface area (Å²) in [5.74, 6) is 0.304. The Morgan fingerprint density at radius 3 is 2.79 bits per heavy atom. The number of hydrogen-bond acceptors (Lipinski definition) is 4. The fourth-order valence-electron chi connectivity index (χ4n) is 3.15. The lowest BCUT2D eigenvalue weighted by molar-refractivity contribution is -0.124. The summed E-state index contributed by atoms with van der Waals surface area (Å²) in [5.41, 5.74) is 1.74. The maximum absolute atomic E-state index is 12.6. The summed E-state index contributed by atoms with van der Waals surface area (Å²) in [6, 6.07) is 6.92. The lowest BCUT2D eigenvalue weighted by atomic mass is 9.84. The third kappa shape index (κ3) is 2.92. The van der Waals surface area contributed by atoms with Crippen molar-refractivity contribution in [3.8, 4) is 6.07 Å². The number of fused-ring (bicyclic) bond motifs is 1. The van der Waals surface area contributed by atoms with Crippen molar-refractivity contribution in [2.75, 3.05) is 25.0 Å². The van der Waals surface area contributed by atoms with Gasteiger partial charge in [0, 0.05) is 38.2 Å². The summed E-state index contributed by atoms with van der Waals surface area (Å²) in [6.45, 7) is 0.792. The first-order valence-corrected chi connectivity index (χ1v) is 9.67. The molecule has 6 nitrogen and oxygen atoms in total. The predicted molar refractivity (Wildman–Crippen MR) is 89.9 cm³/mol. The molecule has 1 amide bonds. The van der Waals surface area contributed by atoms with Gasteiger partial charge in [-0.3, -0.25) is 4.79 Å². The number of carbonyl (C=O) groups excluding carboxylic acids is 1. The van der Waals surface area contributed by atoms with E-state index in [0.29, 0.717) is 13.0 Å². The molecule has 1 saturated carbocycles. The van der Waals surface area contributed by atoms with Crippen LogP contribution in [0.4, 0.5) is 5.69 Å². The van der Waals surface area contributed by atoms with Crippen molar-refractivity contribution in [1.82, 2.24) is 4.31 Å². The molecular weight excluding hydrogens is 326 g/mol. The van der Waals surface area contributed by atoms with Gasteiger partial charge in [-0.1, -0.05) is 6.42 Å². The van der Waals surface area contributed by atoms with Crippen LogP contribution in [-0.2, 0) is 21.2 Å². The lowest BCUT2D eigenvalue weighted by Gasteiger charge is -2.29. The molecule has 0 N–H and O–H groups in total. The molecule has 0 saturated heterocycles. The molecule has 0 atom stereocenters. The monoisotopic (exact) mass is 347 g/mol. The zero-order valence-electron chi connectivity index (χ0n) is 13.7. The molecule has 1 aliphatic carbocycles. The number of carbonyl (C=O) groups is 1. The van der Waals surface area contributed by atoms with Gasteiger partial charge in [0.25, 0.3) is 0 Å². The maximum Gasteiger partial charge on any atom is 0.242 e. The number of benzene rings is 1. The molecule has 1 fully saturated rings. The second kappa shape index (κ2) is 6.54. The predicted octanol–water partition coefficient (Wildman–Crippen LogP) is 1.91. The van der Waals surface area contributed by atoms with E-state index < -0.39 is 10.0 Å². The Morgan fingerprint density at radius 2 is 2.17 bits per heavy atom. The van der Waals surface area contributed by atoms with Crippen LogP contribution < -0.4 is 4.90 Å². The molecule has 1 aliphatic heterocycles. The van der Waals surface area contributed by atoms with E-state index in [9.17, 15) is 13.2 Å². The Morgan fingerprint density at radius 1 is 1.42 bits per heavy atom. The average molecular weight is 347 g/mol. The second-order valence-corrected chi connectivity index (χ2v) is 8.44. The van der Waals surface area contributed by atoms with E-state index in [1.165, 1.54) is 11.4 Å². The van der Waals surface area contributed by atoms with Gasteiger partial charge in [0.2, 0.25) is 15.9 Å².